The summed E-state index contributed by atoms with van der Waals surface area (Å²) in [6.07, 6.45) is 5.93. The number of aryl methyl sites for hydroxylation is 1. The quantitative estimate of drug-likeness (QED) is 0.765. The van der Waals surface area contributed by atoms with Crippen molar-refractivity contribution in [3.63, 3.8) is 0 Å². The van der Waals surface area contributed by atoms with Crippen LogP contribution >= 0.6 is 0 Å². The lowest BCUT2D eigenvalue weighted by Crippen LogP contribution is -2.27. The van der Waals surface area contributed by atoms with Crippen LogP contribution in [0.4, 0.5) is 11.5 Å². The van der Waals surface area contributed by atoms with E-state index in [9.17, 15) is 0 Å². The molecule has 0 radical (unpaired) electrons. The second-order valence-corrected chi connectivity index (χ2v) is 6.49. The zero-order valence-electron chi connectivity index (χ0n) is 14.6. The zero-order valence-corrected chi connectivity index (χ0v) is 14.6. The number of ether oxygens (including phenoxy) is 1. The maximum Gasteiger partial charge on any atom is 0.242 e. The molecule has 0 spiro atoms. The van der Waals surface area contributed by atoms with E-state index >= 15 is 0 Å². The number of hydrogen-bond donors (Lipinski definition) is 2. The van der Waals surface area contributed by atoms with Gasteiger partial charge in [0.05, 0.1) is 7.11 Å². The number of nitrogens with zero attached hydrogens (tertiary/aromatic N) is 3. The Labute approximate surface area is 147 Å². The Bertz CT molecular complexity index is 865. The van der Waals surface area contributed by atoms with Crippen molar-refractivity contribution < 1.29 is 4.74 Å². The fourth-order valence-corrected chi connectivity index (χ4v) is 3.41. The molecule has 1 aliphatic heterocycles. The second kappa shape index (κ2) is 6.72. The van der Waals surface area contributed by atoms with E-state index in [1.807, 2.05) is 6.20 Å². The Morgan fingerprint density at radius 1 is 1.20 bits per heavy atom. The van der Waals surface area contributed by atoms with Crippen LogP contribution in [0.3, 0.4) is 0 Å². The number of nitrogens with one attached hydrogen (secondary N) is 2. The minimum absolute atomic E-state index is 0.439. The van der Waals surface area contributed by atoms with Gasteiger partial charge in [-0.25, -0.2) is 9.97 Å². The first-order valence-electron chi connectivity index (χ1n) is 8.71. The molecule has 2 N–H and O–H groups in total. The van der Waals surface area contributed by atoms with E-state index in [0.717, 1.165) is 48.8 Å². The monoisotopic (exact) mass is 337 g/mol. The molecule has 1 fully saturated rings. The van der Waals surface area contributed by atoms with Crippen LogP contribution in [-0.2, 0) is 0 Å². The second-order valence-electron chi connectivity index (χ2n) is 6.49. The topological polar surface area (TPSA) is 63.5 Å². The Hall–Kier alpha value is -2.60. The summed E-state index contributed by atoms with van der Waals surface area (Å²) in [6, 6.07) is 8.30. The Balaban J connectivity index is 1.80. The molecule has 2 aromatic heterocycles. The van der Waals surface area contributed by atoms with Crippen molar-refractivity contribution in [3.8, 4) is 5.88 Å². The van der Waals surface area contributed by atoms with Gasteiger partial charge in [0.2, 0.25) is 5.88 Å². The van der Waals surface area contributed by atoms with Gasteiger partial charge in [0.25, 0.3) is 0 Å². The number of methoxy groups -OCH3 is 1. The molecular weight excluding hydrogens is 314 g/mol. The van der Waals surface area contributed by atoms with Crippen LogP contribution in [0.25, 0.3) is 5.52 Å². The summed E-state index contributed by atoms with van der Waals surface area (Å²) < 4.78 is 7.62. The molecule has 25 heavy (non-hydrogen) atoms. The molecule has 3 heterocycles. The lowest BCUT2D eigenvalue weighted by atomic mass is 9.97. The summed E-state index contributed by atoms with van der Waals surface area (Å²) in [7, 11) is 1.65. The van der Waals surface area contributed by atoms with Crippen molar-refractivity contribution in [1.82, 2.24) is 19.7 Å². The van der Waals surface area contributed by atoms with Crippen LogP contribution in [0.5, 0.6) is 5.88 Å². The Morgan fingerprint density at radius 2 is 1.96 bits per heavy atom. The molecule has 0 amide bonds. The molecule has 6 nitrogen and oxygen atoms in total. The van der Waals surface area contributed by atoms with Gasteiger partial charge < -0.3 is 15.4 Å². The Kier molecular flexibility index (Phi) is 4.28. The van der Waals surface area contributed by atoms with E-state index in [2.05, 4.69) is 51.2 Å². The highest BCUT2D eigenvalue weighted by Crippen LogP contribution is 2.33. The number of rotatable bonds is 4. The van der Waals surface area contributed by atoms with E-state index in [1.165, 1.54) is 5.56 Å². The average Bonchev–Trinajstić information content (AvgIpc) is 3.03. The summed E-state index contributed by atoms with van der Waals surface area (Å²) >= 11 is 0. The molecule has 1 saturated heterocycles. The third-order valence-corrected chi connectivity index (χ3v) is 4.76. The molecule has 6 heteroatoms. The normalized spacial score (nSPS) is 15.4. The standard InChI is InChI=1S/C19H23N5O/c1-13-3-5-15(6-4-13)22-17-16-19(25-2)21-11-12-24(16)18(23-17)14-7-9-20-10-8-14/h3-6,11-12,14,20,22H,7-10H2,1-2H3. The van der Waals surface area contributed by atoms with E-state index in [1.54, 1.807) is 13.3 Å². The molecule has 0 saturated carbocycles. The molecule has 1 aliphatic rings. The third-order valence-electron chi connectivity index (χ3n) is 4.76. The molecule has 0 atom stereocenters. The van der Waals surface area contributed by atoms with Crippen molar-refractivity contribution in [1.29, 1.82) is 0 Å². The summed E-state index contributed by atoms with van der Waals surface area (Å²) in [5.74, 6) is 2.90. The maximum atomic E-state index is 5.50. The first-order valence-corrected chi connectivity index (χ1v) is 8.71. The first-order chi connectivity index (χ1) is 12.3. The highest BCUT2D eigenvalue weighted by molar-refractivity contribution is 5.79. The van der Waals surface area contributed by atoms with Crippen LogP contribution in [0, 0.1) is 6.92 Å². The van der Waals surface area contributed by atoms with Gasteiger partial charge in [0, 0.05) is 24.0 Å². The average molecular weight is 337 g/mol. The molecule has 0 unspecified atom stereocenters. The van der Waals surface area contributed by atoms with Crippen LogP contribution in [0.2, 0.25) is 0 Å². The van der Waals surface area contributed by atoms with Gasteiger partial charge in [-0.1, -0.05) is 17.7 Å². The number of piperidine rings is 1. The molecular formula is C19H23N5O. The fraction of sp³-hybridized carbons (Fsp3) is 0.368. The number of benzene rings is 1. The van der Waals surface area contributed by atoms with Crippen LogP contribution < -0.4 is 15.4 Å². The van der Waals surface area contributed by atoms with Gasteiger partial charge >= 0.3 is 0 Å². The minimum Gasteiger partial charge on any atom is -0.479 e. The Morgan fingerprint density at radius 3 is 2.68 bits per heavy atom. The number of imidazole rings is 1. The highest BCUT2D eigenvalue weighted by Gasteiger charge is 2.24. The van der Waals surface area contributed by atoms with Gasteiger partial charge in [-0.15, -0.1) is 0 Å². The smallest absolute Gasteiger partial charge is 0.242 e. The van der Waals surface area contributed by atoms with Gasteiger partial charge in [0.15, 0.2) is 11.3 Å². The SMILES string of the molecule is COc1nccn2c(C3CCNCC3)nc(Nc3ccc(C)cc3)c12. The van der Waals surface area contributed by atoms with Gasteiger partial charge in [-0.05, 0) is 45.0 Å². The first kappa shape index (κ1) is 15.9. The van der Waals surface area contributed by atoms with Gasteiger partial charge in [0.1, 0.15) is 5.82 Å². The number of aromatic nitrogens is 3. The van der Waals surface area contributed by atoms with Crippen molar-refractivity contribution in [2.45, 2.75) is 25.7 Å². The van der Waals surface area contributed by atoms with Crippen molar-refractivity contribution in [2.24, 2.45) is 0 Å². The molecule has 0 aliphatic carbocycles. The third kappa shape index (κ3) is 3.05. The summed E-state index contributed by atoms with van der Waals surface area (Å²) in [5.41, 5.74) is 3.13. The maximum absolute atomic E-state index is 5.50. The number of fused-ring (bicyclic) bond motifs is 1. The highest BCUT2D eigenvalue weighted by atomic mass is 16.5. The molecule has 3 aromatic rings. The summed E-state index contributed by atoms with van der Waals surface area (Å²) in [4.78, 5) is 9.31. The molecule has 130 valence electrons. The number of hydrogen-bond acceptors (Lipinski definition) is 5. The molecule has 0 bridgehead atoms. The van der Waals surface area contributed by atoms with Crippen molar-refractivity contribution in [3.05, 3.63) is 48.0 Å². The number of anilines is 2. The lowest BCUT2D eigenvalue weighted by Gasteiger charge is -2.21. The predicted octanol–water partition coefficient (Wildman–Crippen LogP) is 3.26. The predicted molar refractivity (Wildman–Crippen MR) is 98.8 cm³/mol. The summed E-state index contributed by atoms with van der Waals surface area (Å²) in [5, 5.41) is 6.86. The molecule has 1 aromatic carbocycles. The van der Waals surface area contributed by atoms with Crippen molar-refractivity contribution in [2.75, 3.05) is 25.5 Å². The van der Waals surface area contributed by atoms with Crippen LogP contribution in [0.1, 0.15) is 30.1 Å². The van der Waals surface area contributed by atoms with Gasteiger partial charge in [-0.2, -0.15) is 0 Å². The summed E-state index contributed by atoms with van der Waals surface area (Å²) in [6.45, 7) is 4.14. The van der Waals surface area contributed by atoms with E-state index < -0.39 is 0 Å². The van der Waals surface area contributed by atoms with E-state index in [-0.39, 0.29) is 0 Å². The lowest BCUT2D eigenvalue weighted by molar-refractivity contribution is 0.400. The van der Waals surface area contributed by atoms with E-state index in [0.29, 0.717) is 11.8 Å². The van der Waals surface area contributed by atoms with Crippen LogP contribution in [0.15, 0.2) is 36.7 Å². The minimum atomic E-state index is 0.439. The van der Waals surface area contributed by atoms with Crippen LogP contribution in [-0.4, -0.2) is 34.6 Å². The van der Waals surface area contributed by atoms with Gasteiger partial charge in [-0.3, -0.25) is 4.40 Å². The fourth-order valence-electron chi connectivity index (χ4n) is 3.41. The zero-order chi connectivity index (χ0) is 17.2. The van der Waals surface area contributed by atoms with Crippen molar-refractivity contribution >= 4 is 17.0 Å². The largest absolute Gasteiger partial charge is 0.479 e. The molecule has 4 rings (SSSR count). The van der Waals surface area contributed by atoms with E-state index in [4.69, 9.17) is 9.72 Å².